The lowest BCUT2D eigenvalue weighted by atomic mass is 9.96. The predicted molar refractivity (Wildman–Crippen MR) is 75.1 cm³/mol. The first kappa shape index (κ1) is 13.5. The van der Waals surface area contributed by atoms with Crippen LogP contribution in [0.2, 0.25) is 0 Å². The van der Waals surface area contributed by atoms with E-state index in [-0.39, 0.29) is 12.5 Å². The Morgan fingerprint density at radius 3 is 2.95 bits per heavy atom. The van der Waals surface area contributed by atoms with Gasteiger partial charge in [0.1, 0.15) is 11.6 Å². The molecule has 1 aromatic heterocycles. The summed E-state index contributed by atoms with van der Waals surface area (Å²) >= 11 is 0. The maximum atomic E-state index is 11.6. The van der Waals surface area contributed by atoms with E-state index < -0.39 is 0 Å². The monoisotopic (exact) mass is 260 g/mol. The third-order valence-corrected chi connectivity index (χ3v) is 3.15. The van der Waals surface area contributed by atoms with Gasteiger partial charge in [0.25, 0.3) is 0 Å². The van der Waals surface area contributed by atoms with Crippen LogP contribution in [-0.4, -0.2) is 29.0 Å². The van der Waals surface area contributed by atoms with Crippen LogP contribution in [0.1, 0.15) is 29.9 Å². The summed E-state index contributed by atoms with van der Waals surface area (Å²) in [4.78, 5) is 20.5. The fraction of sp³-hybridized carbons (Fsp3) is 0.500. The fourth-order valence-corrected chi connectivity index (χ4v) is 2.28. The number of amides is 1. The van der Waals surface area contributed by atoms with Crippen LogP contribution in [0.15, 0.2) is 12.7 Å². The molecule has 0 bridgehead atoms. The molecule has 1 aliphatic rings. The van der Waals surface area contributed by atoms with Gasteiger partial charge in [-0.3, -0.25) is 4.79 Å². The van der Waals surface area contributed by atoms with Crippen LogP contribution in [0.4, 0.5) is 5.82 Å². The minimum absolute atomic E-state index is 0.0549. The van der Waals surface area contributed by atoms with Gasteiger partial charge in [-0.1, -0.05) is 6.08 Å². The Balaban J connectivity index is 2.05. The molecule has 0 spiro atoms. The first-order valence-corrected chi connectivity index (χ1v) is 6.68. The highest BCUT2D eigenvalue weighted by Gasteiger charge is 2.16. The third kappa shape index (κ3) is 3.53. The highest BCUT2D eigenvalue weighted by Crippen LogP contribution is 2.25. The Morgan fingerprint density at radius 1 is 1.37 bits per heavy atom. The zero-order valence-electron chi connectivity index (χ0n) is 11.3. The summed E-state index contributed by atoms with van der Waals surface area (Å²) in [5.41, 5.74) is 2.31. The molecule has 5 heteroatoms. The average Bonchev–Trinajstić information content (AvgIpc) is 2.42. The number of hydrogen-bond acceptors (Lipinski definition) is 4. The second kappa shape index (κ2) is 6.31. The number of aryl methyl sites for hydroxylation is 2. The predicted octanol–water partition coefficient (Wildman–Crippen LogP) is 1.38. The number of fused-ring (bicyclic) bond motifs is 1. The number of nitrogens with zero attached hydrogens (tertiary/aromatic N) is 2. The Morgan fingerprint density at radius 2 is 2.16 bits per heavy atom. The maximum absolute atomic E-state index is 11.6. The first-order chi connectivity index (χ1) is 9.20. The van der Waals surface area contributed by atoms with Crippen molar-refractivity contribution in [1.29, 1.82) is 0 Å². The van der Waals surface area contributed by atoms with Crippen LogP contribution < -0.4 is 10.6 Å². The van der Waals surface area contributed by atoms with Crippen LogP contribution in [0, 0.1) is 6.92 Å². The summed E-state index contributed by atoms with van der Waals surface area (Å²) in [5, 5.41) is 5.86. The molecular formula is C14H20N4O. The van der Waals surface area contributed by atoms with Crippen molar-refractivity contribution >= 4 is 11.7 Å². The lowest BCUT2D eigenvalue weighted by Gasteiger charge is -2.19. The van der Waals surface area contributed by atoms with Gasteiger partial charge >= 0.3 is 0 Å². The van der Waals surface area contributed by atoms with E-state index in [4.69, 9.17) is 0 Å². The zero-order chi connectivity index (χ0) is 13.7. The molecule has 0 saturated carbocycles. The lowest BCUT2D eigenvalue weighted by Crippen LogP contribution is -2.30. The highest BCUT2D eigenvalue weighted by molar-refractivity contribution is 5.80. The number of nitrogens with one attached hydrogen (secondary N) is 2. The van der Waals surface area contributed by atoms with Crippen LogP contribution in [0.25, 0.3) is 0 Å². The van der Waals surface area contributed by atoms with Crippen LogP contribution >= 0.6 is 0 Å². The summed E-state index contributed by atoms with van der Waals surface area (Å²) < 4.78 is 0. The molecule has 2 rings (SSSR count). The maximum Gasteiger partial charge on any atom is 0.239 e. The molecule has 0 radical (unpaired) electrons. The number of carbonyl (C=O) groups excluding carboxylic acids is 1. The van der Waals surface area contributed by atoms with Gasteiger partial charge in [-0.15, -0.1) is 6.58 Å². The molecule has 0 fully saturated rings. The van der Waals surface area contributed by atoms with Crippen molar-refractivity contribution in [3.05, 3.63) is 29.7 Å². The number of rotatable bonds is 5. The van der Waals surface area contributed by atoms with Gasteiger partial charge in [-0.2, -0.15) is 0 Å². The zero-order valence-corrected chi connectivity index (χ0v) is 11.3. The van der Waals surface area contributed by atoms with Gasteiger partial charge in [0, 0.05) is 17.8 Å². The summed E-state index contributed by atoms with van der Waals surface area (Å²) in [7, 11) is 0. The molecule has 5 nitrogen and oxygen atoms in total. The van der Waals surface area contributed by atoms with E-state index in [1.807, 2.05) is 6.92 Å². The molecule has 102 valence electrons. The smallest absolute Gasteiger partial charge is 0.239 e. The third-order valence-electron chi connectivity index (χ3n) is 3.15. The molecule has 2 N–H and O–H groups in total. The second-order valence-electron chi connectivity index (χ2n) is 4.70. The molecule has 1 aliphatic carbocycles. The minimum atomic E-state index is -0.0549. The topological polar surface area (TPSA) is 66.9 Å². The molecule has 0 atom stereocenters. The van der Waals surface area contributed by atoms with E-state index in [1.54, 1.807) is 6.08 Å². The average molecular weight is 260 g/mol. The van der Waals surface area contributed by atoms with Crippen molar-refractivity contribution in [3.63, 3.8) is 0 Å². The molecule has 19 heavy (non-hydrogen) atoms. The van der Waals surface area contributed by atoms with Gasteiger partial charge in [0.05, 0.1) is 6.54 Å². The van der Waals surface area contributed by atoms with Gasteiger partial charge < -0.3 is 10.6 Å². The Hall–Kier alpha value is -1.91. The van der Waals surface area contributed by atoms with E-state index in [2.05, 4.69) is 27.2 Å². The van der Waals surface area contributed by atoms with Gasteiger partial charge in [0.15, 0.2) is 0 Å². The van der Waals surface area contributed by atoms with E-state index in [0.717, 1.165) is 36.6 Å². The van der Waals surface area contributed by atoms with E-state index in [1.165, 1.54) is 12.0 Å². The SMILES string of the molecule is C=CCNC(=O)CNc1nc(C)nc2c1CCCC2. The summed E-state index contributed by atoms with van der Waals surface area (Å²) in [6, 6.07) is 0. The van der Waals surface area contributed by atoms with Crippen LogP contribution in [0.5, 0.6) is 0 Å². The molecule has 0 unspecified atom stereocenters. The second-order valence-corrected chi connectivity index (χ2v) is 4.70. The van der Waals surface area contributed by atoms with E-state index in [9.17, 15) is 4.79 Å². The summed E-state index contributed by atoms with van der Waals surface area (Å²) in [6.45, 7) is 6.17. The summed E-state index contributed by atoms with van der Waals surface area (Å²) in [6.07, 6.45) is 6.01. The van der Waals surface area contributed by atoms with Crippen molar-refractivity contribution in [2.75, 3.05) is 18.4 Å². The van der Waals surface area contributed by atoms with Gasteiger partial charge in [-0.05, 0) is 32.6 Å². The van der Waals surface area contributed by atoms with Crippen LogP contribution in [0.3, 0.4) is 0 Å². The van der Waals surface area contributed by atoms with Crippen molar-refractivity contribution < 1.29 is 4.79 Å². The molecule has 0 aromatic carbocycles. The summed E-state index contributed by atoms with van der Waals surface area (Å²) in [5.74, 6) is 1.52. The van der Waals surface area contributed by atoms with Crippen LogP contribution in [-0.2, 0) is 17.6 Å². The lowest BCUT2D eigenvalue weighted by molar-refractivity contribution is -0.119. The first-order valence-electron chi connectivity index (χ1n) is 6.68. The number of hydrogen-bond donors (Lipinski definition) is 2. The number of aromatic nitrogens is 2. The normalized spacial score (nSPS) is 13.5. The van der Waals surface area contributed by atoms with Crippen molar-refractivity contribution in [3.8, 4) is 0 Å². The molecule has 0 saturated heterocycles. The molecule has 1 heterocycles. The fourth-order valence-electron chi connectivity index (χ4n) is 2.28. The number of carbonyl (C=O) groups is 1. The standard InChI is InChI=1S/C14H20N4O/c1-3-8-15-13(19)9-16-14-11-6-4-5-7-12(11)17-10(2)18-14/h3H,1,4-9H2,2H3,(H,15,19)(H,16,17,18). The highest BCUT2D eigenvalue weighted by atomic mass is 16.1. The molecule has 1 aromatic rings. The molecule has 1 amide bonds. The van der Waals surface area contributed by atoms with Gasteiger partial charge in [0.2, 0.25) is 5.91 Å². The minimum Gasteiger partial charge on any atom is -0.361 e. The van der Waals surface area contributed by atoms with Crippen molar-refractivity contribution in [2.45, 2.75) is 32.6 Å². The Labute approximate surface area is 113 Å². The number of anilines is 1. The Bertz CT molecular complexity index is 485. The van der Waals surface area contributed by atoms with E-state index in [0.29, 0.717) is 6.54 Å². The van der Waals surface area contributed by atoms with Gasteiger partial charge in [-0.25, -0.2) is 9.97 Å². The molecule has 0 aliphatic heterocycles. The quantitative estimate of drug-likeness (QED) is 0.785. The van der Waals surface area contributed by atoms with Crippen molar-refractivity contribution in [1.82, 2.24) is 15.3 Å². The Kier molecular flexibility index (Phi) is 4.49. The largest absolute Gasteiger partial charge is 0.361 e. The molecular weight excluding hydrogens is 240 g/mol. The van der Waals surface area contributed by atoms with Crippen molar-refractivity contribution in [2.24, 2.45) is 0 Å². The van der Waals surface area contributed by atoms with E-state index >= 15 is 0 Å².